The molecule has 5 heteroatoms. The molecular formula is C17H19ClN2OS. The Hall–Kier alpha value is -1.36. The zero-order valence-corrected chi connectivity index (χ0v) is 13.9. The van der Waals surface area contributed by atoms with Gasteiger partial charge in [0.25, 0.3) is 5.91 Å². The maximum Gasteiger partial charge on any atom is 0.251 e. The molecule has 3 rings (SSSR count). The molecule has 3 nitrogen and oxygen atoms in total. The minimum absolute atomic E-state index is 0.0316. The van der Waals surface area contributed by atoms with Gasteiger partial charge in [0.2, 0.25) is 0 Å². The second-order valence-corrected chi connectivity index (χ2v) is 7.40. The average Bonchev–Trinajstić information content (AvgIpc) is 2.95. The van der Waals surface area contributed by atoms with Gasteiger partial charge in [0, 0.05) is 36.1 Å². The SMILES string of the molecule is O=C(NC1CCN(Cc2ccc(Cl)s2)CC1)c1ccccc1. The van der Waals surface area contributed by atoms with Crippen LogP contribution < -0.4 is 5.32 Å². The van der Waals surface area contributed by atoms with E-state index >= 15 is 0 Å². The molecule has 0 spiro atoms. The largest absolute Gasteiger partial charge is 0.349 e. The molecule has 1 saturated heterocycles. The lowest BCUT2D eigenvalue weighted by molar-refractivity contribution is 0.0909. The topological polar surface area (TPSA) is 32.3 Å². The predicted octanol–water partition coefficient (Wildman–Crippen LogP) is 3.80. The van der Waals surface area contributed by atoms with Crippen LogP contribution in [0.25, 0.3) is 0 Å². The smallest absolute Gasteiger partial charge is 0.251 e. The molecule has 22 heavy (non-hydrogen) atoms. The van der Waals surface area contributed by atoms with Gasteiger partial charge in [-0.25, -0.2) is 0 Å². The van der Waals surface area contributed by atoms with E-state index in [-0.39, 0.29) is 11.9 Å². The van der Waals surface area contributed by atoms with Crippen LogP contribution in [0.5, 0.6) is 0 Å². The van der Waals surface area contributed by atoms with Gasteiger partial charge in [0.05, 0.1) is 4.34 Å². The normalized spacial score (nSPS) is 16.6. The molecule has 2 aromatic rings. The summed E-state index contributed by atoms with van der Waals surface area (Å²) in [5.41, 5.74) is 0.734. The van der Waals surface area contributed by atoms with Crippen molar-refractivity contribution in [1.82, 2.24) is 10.2 Å². The second kappa shape index (κ2) is 7.27. The summed E-state index contributed by atoms with van der Waals surface area (Å²) >= 11 is 7.61. The molecule has 0 atom stereocenters. The number of thiophene rings is 1. The van der Waals surface area contributed by atoms with E-state index in [1.54, 1.807) is 11.3 Å². The molecule has 1 aromatic carbocycles. The van der Waals surface area contributed by atoms with Crippen LogP contribution in [-0.4, -0.2) is 29.9 Å². The Morgan fingerprint density at radius 2 is 1.91 bits per heavy atom. The van der Waals surface area contributed by atoms with Gasteiger partial charge >= 0.3 is 0 Å². The van der Waals surface area contributed by atoms with E-state index in [0.717, 1.165) is 42.4 Å². The van der Waals surface area contributed by atoms with E-state index in [2.05, 4.69) is 16.3 Å². The summed E-state index contributed by atoms with van der Waals surface area (Å²) in [6.45, 7) is 2.97. The van der Waals surface area contributed by atoms with Crippen molar-refractivity contribution in [2.24, 2.45) is 0 Å². The number of rotatable bonds is 4. The van der Waals surface area contributed by atoms with E-state index in [0.29, 0.717) is 0 Å². The molecule has 2 heterocycles. The van der Waals surface area contributed by atoms with Gasteiger partial charge in [-0.05, 0) is 37.1 Å². The van der Waals surface area contributed by atoms with E-state index in [4.69, 9.17) is 11.6 Å². The van der Waals surface area contributed by atoms with Gasteiger partial charge in [-0.2, -0.15) is 0 Å². The summed E-state index contributed by atoms with van der Waals surface area (Å²) in [6, 6.07) is 13.7. The van der Waals surface area contributed by atoms with Crippen molar-refractivity contribution in [3.05, 3.63) is 57.2 Å². The first kappa shape index (κ1) is 15.5. The zero-order chi connectivity index (χ0) is 15.4. The molecule has 1 N–H and O–H groups in total. The fraction of sp³-hybridized carbons (Fsp3) is 0.353. The summed E-state index contributed by atoms with van der Waals surface area (Å²) in [7, 11) is 0. The van der Waals surface area contributed by atoms with E-state index in [1.807, 2.05) is 36.4 Å². The molecule has 1 amide bonds. The second-order valence-electron chi connectivity index (χ2n) is 5.60. The minimum atomic E-state index is 0.0316. The molecule has 1 aliphatic heterocycles. The third-order valence-corrected chi connectivity index (χ3v) is 5.18. The Morgan fingerprint density at radius 3 is 2.55 bits per heavy atom. The molecule has 0 bridgehead atoms. The fourth-order valence-corrected chi connectivity index (χ4v) is 3.88. The van der Waals surface area contributed by atoms with Crippen LogP contribution in [0, 0.1) is 0 Å². The van der Waals surface area contributed by atoms with Crippen LogP contribution in [0.2, 0.25) is 4.34 Å². The number of nitrogens with one attached hydrogen (secondary N) is 1. The Bertz CT molecular complexity index is 621. The molecule has 0 unspecified atom stereocenters. The quantitative estimate of drug-likeness (QED) is 0.922. The van der Waals surface area contributed by atoms with Crippen molar-refractivity contribution < 1.29 is 4.79 Å². The number of benzene rings is 1. The number of likely N-dealkylation sites (tertiary alicyclic amines) is 1. The number of halogens is 1. The Labute approximate surface area is 139 Å². The van der Waals surface area contributed by atoms with Crippen LogP contribution >= 0.6 is 22.9 Å². The monoisotopic (exact) mass is 334 g/mol. The van der Waals surface area contributed by atoms with Crippen molar-refractivity contribution >= 4 is 28.8 Å². The molecule has 1 aromatic heterocycles. The summed E-state index contributed by atoms with van der Waals surface area (Å²) in [6.07, 6.45) is 2.00. The van der Waals surface area contributed by atoms with Crippen LogP contribution in [-0.2, 0) is 6.54 Å². The number of carbonyl (C=O) groups is 1. The highest BCUT2D eigenvalue weighted by Gasteiger charge is 2.21. The number of piperidine rings is 1. The molecule has 0 aliphatic carbocycles. The van der Waals surface area contributed by atoms with Gasteiger partial charge in [-0.3, -0.25) is 9.69 Å². The molecule has 1 aliphatic rings. The number of amides is 1. The minimum Gasteiger partial charge on any atom is -0.349 e. The Balaban J connectivity index is 1.46. The van der Waals surface area contributed by atoms with E-state index in [1.165, 1.54) is 4.88 Å². The summed E-state index contributed by atoms with van der Waals surface area (Å²) in [5.74, 6) is 0.0316. The maximum absolute atomic E-state index is 12.2. The highest BCUT2D eigenvalue weighted by molar-refractivity contribution is 7.16. The van der Waals surface area contributed by atoms with Crippen molar-refractivity contribution in [2.75, 3.05) is 13.1 Å². The first-order valence-corrected chi connectivity index (χ1v) is 8.72. The van der Waals surface area contributed by atoms with Gasteiger partial charge in [0.15, 0.2) is 0 Å². The Kier molecular flexibility index (Phi) is 5.13. The lowest BCUT2D eigenvalue weighted by Crippen LogP contribution is -2.44. The summed E-state index contributed by atoms with van der Waals surface area (Å²) in [4.78, 5) is 15.9. The number of hydrogen-bond acceptors (Lipinski definition) is 3. The fourth-order valence-electron chi connectivity index (χ4n) is 2.75. The van der Waals surface area contributed by atoms with Crippen LogP contribution in [0.1, 0.15) is 28.1 Å². The third kappa shape index (κ3) is 4.09. The van der Waals surface area contributed by atoms with Gasteiger partial charge in [0.1, 0.15) is 0 Å². The number of carbonyl (C=O) groups excluding carboxylic acids is 1. The first-order chi connectivity index (χ1) is 10.7. The van der Waals surface area contributed by atoms with Crippen LogP contribution in [0.3, 0.4) is 0 Å². The van der Waals surface area contributed by atoms with Crippen molar-refractivity contribution in [1.29, 1.82) is 0 Å². The van der Waals surface area contributed by atoms with Crippen molar-refractivity contribution in [3.63, 3.8) is 0 Å². The van der Waals surface area contributed by atoms with Gasteiger partial charge < -0.3 is 5.32 Å². The van der Waals surface area contributed by atoms with Gasteiger partial charge in [-0.15, -0.1) is 11.3 Å². The summed E-state index contributed by atoms with van der Waals surface area (Å²) in [5, 5.41) is 3.14. The number of nitrogens with zero attached hydrogens (tertiary/aromatic N) is 1. The maximum atomic E-state index is 12.2. The molecule has 0 radical (unpaired) electrons. The van der Waals surface area contributed by atoms with E-state index in [9.17, 15) is 4.79 Å². The predicted molar refractivity (Wildman–Crippen MR) is 91.5 cm³/mol. The Morgan fingerprint density at radius 1 is 1.18 bits per heavy atom. The summed E-state index contributed by atoms with van der Waals surface area (Å²) < 4.78 is 0.847. The molecule has 1 fully saturated rings. The molecule has 0 saturated carbocycles. The first-order valence-electron chi connectivity index (χ1n) is 7.53. The van der Waals surface area contributed by atoms with Crippen LogP contribution in [0.15, 0.2) is 42.5 Å². The lowest BCUT2D eigenvalue weighted by Gasteiger charge is -2.32. The van der Waals surface area contributed by atoms with Crippen molar-refractivity contribution in [2.45, 2.75) is 25.4 Å². The zero-order valence-electron chi connectivity index (χ0n) is 12.3. The molecule has 116 valence electrons. The lowest BCUT2D eigenvalue weighted by atomic mass is 10.0. The average molecular weight is 335 g/mol. The van der Waals surface area contributed by atoms with E-state index < -0.39 is 0 Å². The standard InChI is InChI=1S/C17H19ClN2OS/c18-16-7-6-15(22-16)12-20-10-8-14(9-11-20)19-17(21)13-4-2-1-3-5-13/h1-7,14H,8-12H2,(H,19,21). The highest BCUT2D eigenvalue weighted by Crippen LogP contribution is 2.24. The molecular weight excluding hydrogens is 316 g/mol. The van der Waals surface area contributed by atoms with Crippen molar-refractivity contribution in [3.8, 4) is 0 Å². The highest BCUT2D eigenvalue weighted by atomic mass is 35.5. The van der Waals surface area contributed by atoms with Gasteiger partial charge in [-0.1, -0.05) is 29.8 Å². The van der Waals surface area contributed by atoms with Crippen LogP contribution in [0.4, 0.5) is 0 Å². The number of hydrogen-bond donors (Lipinski definition) is 1. The third-order valence-electron chi connectivity index (χ3n) is 3.97.